The van der Waals surface area contributed by atoms with E-state index < -0.39 is 6.03 Å². The number of ether oxygens (including phenoxy) is 1. The fraction of sp³-hybridized carbons (Fsp3) is 0.370. The molecule has 37 heavy (non-hydrogen) atoms. The summed E-state index contributed by atoms with van der Waals surface area (Å²) in [5.41, 5.74) is 3.75. The monoisotopic (exact) mass is 545 g/mol. The van der Waals surface area contributed by atoms with Gasteiger partial charge in [0.05, 0.1) is 28.0 Å². The summed E-state index contributed by atoms with van der Waals surface area (Å²) in [7, 11) is 1.55. The fourth-order valence-electron chi connectivity index (χ4n) is 3.66. The van der Waals surface area contributed by atoms with E-state index in [4.69, 9.17) is 33.0 Å². The van der Waals surface area contributed by atoms with Gasteiger partial charge in [-0.2, -0.15) is 5.10 Å². The molecule has 0 saturated carbocycles. The van der Waals surface area contributed by atoms with Crippen molar-refractivity contribution in [3.63, 3.8) is 0 Å². The first-order valence-corrected chi connectivity index (χ1v) is 12.6. The predicted molar refractivity (Wildman–Crippen MR) is 149 cm³/mol. The Morgan fingerprint density at radius 1 is 1.03 bits per heavy atom. The number of para-hydroxylation sites is 1. The van der Waals surface area contributed by atoms with Gasteiger partial charge in [-0.25, -0.2) is 9.48 Å². The number of rotatable bonds is 8. The summed E-state index contributed by atoms with van der Waals surface area (Å²) in [6.07, 6.45) is 0. The second-order valence-corrected chi connectivity index (χ2v) is 10.6. The third-order valence-corrected chi connectivity index (χ3v) is 6.53. The lowest BCUT2D eigenvalue weighted by Crippen LogP contribution is -2.42. The zero-order valence-corrected chi connectivity index (χ0v) is 23.5. The van der Waals surface area contributed by atoms with Gasteiger partial charge in [-0.1, -0.05) is 62.2 Å². The summed E-state index contributed by atoms with van der Waals surface area (Å²) in [5, 5.41) is 11.3. The van der Waals surface area contributed by atoms with E-state index in [1.165, 1.54) is 4.90 Å². The quantitative estimate of drug-likeness (QED) is 0.352. The number of carbonyl (C=O) groups excluding carboxylic acids is 2. The molecule has 1 aromatic heterocycles. The number of methoxy groups -OCH3 is 1. The molecule has 10 heteroatoms. The van der Waals surface area contributed by atoms with Gasteiger partial charge in [-0.05, 0) is 43.2 Å². The zero-order chi connectivity index (χ0) is 27.3. The first kappa shape index (κ1) is 28.5. The first-order chi connectivity index (χ1) is 17.4. The van der Waals surface area contributed by atoms with E-state index in [0.29, 0.717) is 21.6 Å². The Morgan fingerprint density at radius 2 is 1.70 bits per heavy atom. The third-order valence-electron chi connectivity index (χ3n) is 5.79. The topological polar surface area (TPSA) is 88.5 Å². The van der Waals surface area contributed by atoms with E-state index in [9.17, 15) is 9.59 Å². The number of amides is 3. The highest BCUT2D eigenvalue weighted by Gasteiger charge is 2.24. The number of halogens is 2. The van der Waals surface area contributed by atoms with E-state index in [2.05, 4.69) is 10.6 Å². The van der Waals surface area contributed by atoms with Gasteiger partial charge in [0.25, 0.3) is 0 Å². The van der Waals surface area contributed by atoms with Crippen molar-refractivity contribution in [2.75, 3.05) is 37.4 Å². The van der Waals surface area contributed by atoms with Crippen LogP contribution in [0.1, 0.15) is 37.6 Å². The number of nitrogens with zero attached hydrogens (tertiary/aromatic N) is 3. The molecule has 2 N–H and O–H groups in total. The summed E-state index contributed by atoms with van der Waals surface area (Å²) < 4.78 is 6.78. The molecular weight excluding hydrogens is 513 g/mol. The standard InChI is InChI=1S/C27H33Cl2N5O3/c1-17-8-7-9-18(2)25(17)31-26(36)33(12-13-37-6)16-24(35)30-23-15-22(27(3,4)5)32-34(23)19-10-11-20(28)21(29)14-19/h7-11,14-15H,12-13,16H2,1-6H3,(H,30,35)(H,31,36). The highest BCUT2D eigenvalue weighted by molar-refractivity contribution is 6.42. The Bertz CT molecular complexity index is 1260. The van der Waals surface area contributed by atoms with Crippen molar-refractivity contribution >= 4 is 46.6 Å². The van der Waals surface area contributed by atoms with Crippen LogP contribution in [0, 0.1) is 13.8 Å². The molecule has 0 radical (unpaired) electrons. The van der Waals surface area contributed by atoms with Crippen molar-refractivity contribution in [1.82, 2.24) is 14.7 Å². The zero-order valence-electron chi connectivity index (χ0n) is 22.0. The summed E-state index contributed by atoms with van der Waals surface area (Å²) in [4.78, 5) is 27.7. The Labute approximate surface area is 227 Å². The van der Waals surface area contributed by atoms with Crippen LogP contribution in [0.25, 0.3) is 5.69 Å². The summed E-state index contributed by atoms with van der Waals surface area (Å²) in [6.45, 7) is 10.3. The number of aryl methyl sites for hydroxylation is 2. The van der Waals surface area contributed by atoms with Crippen LogP contribution in [0.4, 0.5) is 16.3 Å². The van der Waals surface area contributed by atoms with Gasteiger partial charge in [0, 0.05) is 30.8 Å². The van der Waals surface area contributed by atoms with Crippen molar-refractivity contribution in [2.24, 2.45) is 0 Å². The van der Waals surface area contributed by atoms with E-state index in [1.807, 2.05) is 58.9 Å². The third kappa shape index (κ3) is 7.25. The number of carbonyl (C=O) groups is 2. The van der Waals surface area contributed by atoms with Crippen LogP contribution in [0.15, 0.2) is 42.5 Å². The highest BCUT2D eigenvalue weighted by atomic mass is 35.5. The van der Waals surface area contributed by atoms with Crippen molar-refractivity contribution in [3.8, 4) is 5.69 Å². The van der Waals surface area contributed by atoms with Gasteiger partial charge >= 0.3 is 6.03 Å². The lowest BCUT2D eigenvalue weighted by atomic mass is 9.92. The Kier molecular flexibility index (Phi) is 9.23. The lowest BCUT2D eigenvalue weighted by molar-refractivity contribution is -0.116. The molecule has 8 nitrogen and oxygen atoms in total. The molecule has 0 unspecified atom stereocenters. The van der Waals surface area contributed by atoms with Crippen LogP contribution in [-0.2, 0) is 14.9 Å². The molecule has 0 bridgehead atoms. The summed E-state index contributed by atoms with van der Waals surface area (Å²) >= 11 is 12.3. The van der Waals surface area contributed by atoms with Crippen LogP contribution >= 0.6 is 23.2 Å². The smallest absolute Gasteiger partial charge is 0.322 e. The fourth-order valence-corrected chi connectivity index (χ4v) is 3.95. The lowest BCUT2D eigenvalue weighted by Gasteiger charge is -2.23. The number of hydrogen-bond acceptors (Lipinski definition) is 4. The molecule has 0 fully saturated rings. The Morgan fingerprint density at radius 3 is 2.30 bits per heavy atom. The summed E-state index contributed by atoms with van der Waals surface area (Å²) in [5.74, 6) is 0.0737. The van der Waals surface area contributed by atoms with Crippen molar-refractivity contribution in [3.05, 3.63) is 69.3 Å². The normalized spacial score (nSPS) is 11.4. The second kappa shape index (κ2) is 12.0. The van der Waals surface area contributed by atoms with Crippen molar-refractivity contribution < 1.29 is 14.3 Å². The maximum atomic E-state index is 13.2. The molecule has 3 aromatic rings. The maximum absolute atomic E-state index is 13.2. The van der Waals surface area contributed by atoms with Crippen LogP contribution in [-0.4, -0.2) is 53.4 Å². The maximum Gasteiger partial charge on any atom is 0.322 e. The average molecular weight is 546 g/mol. The van der Waals surface area contributed by atoms with Crippen LogP contribution in [0.5, 0.6) is 0 Å². The number of hydrogen-bond donors (Lipinski definition) is 2. The predicted octanol–water partition coefficient (Wildman–Crippen LogP) is 6.21. The van der Waals surface area contributed by atoms with Gasteiger partial charge in [-0.15, -0.1) is 0 Å². The van der Waals surface area contributed by atoms with Crippen LogP contribution < -0.4 is 10.6 Å². The molecule has 3 rings (SSSR count). The van der Waals surface area contributed by atoms with Crippen molar-refractivity contribution in [1.29, 1.82) is 0 Å². The minimum Gasteiger partial charge on any atom is -0.383 e. The Balaban J connectivity index is 1.85. The van der Waals surface area contributed by atoms with E-state index in [0.717, 1.165) is 22.5 Å². The number of benzene rings is 2. The van der Waals surface area contributed by atoms with Gasteiger partial charge in [0.1, 0.15) is 12.4 Å². The minimum atomic E-state index is -0.391. The second-order valence-electron chi connectivity index (χ2n) is 9.83. The SMILES string of the molecule is COCCN(CC(=O)Nc1cc(C(C)(C)C)nn1-c1ccc(Cl)c(Cl)c1)C(=O)Nc1c(C)cccc1C. The molecule has 0 atom stereocenters. The highest BCUT2D eigenvalue weighted by Crippen LogP contribution is 2.29. The minimum absolute atomic E-state index is 0.183. The molecule has 0 aliphatic carbocycles. The van der Waals surface area contributed by atoms with Gasteiger partial charge in [0.15, 0.2) is 0 Å². The van der Waals surface area contributed by atoms with Gasteiger partial charge in [0.2, 0.25) is 5.91 Å². The average Bonchev–Trinajstić information content (AvgIpc) is 3.25. The molecule has 0 aliphatic rings. The molecule has 0 spiro atoms. The van der Waals surface area contributed by atoms with Crippen molar-refractivity contribution in [2.45, 2.75) is 40.0 Å². The number of urea groups is 1. The van der Waals surface area contributed by atoms with Crippen LogP contribution in [0.3, 0.4) is 0 Å². The van der Waals surface area contributed by atoms with Gasteiger partial charge in [-0.3, -0.25) is 4.79 Å². The van der Waals surface area contributed by atoms with Crippen LogP contribution in [0.2, 0.25) is 10.0 Å². The molecule has 0 saturated heterocycles. The molecule has 2 aromatic carbocycles. The number of anilines is 2. The van der Waals surface area contributed by atoms with E-state index in [-0.39, 0.29) is 31.0 Å². The molecule has 0 aliphatic heterocycles. The molecule has 3 amide bonds. The number of nitrogens with one attached hydrogen (secondary N) is 2. The molecule has 1 heterocycles. The number of aromatic nitrogens is 2. The van der Waals surface area contributed by atoms with E-state index in [1.54, 1.807) is 30.0 Å². The first-order valence-electron chi connectivity index (χ1n) is 11.9. The molecular formula is C27H33Cl2N5O3. The largest absolute Gasteiger partial charge is 0.383 e. The summed E-state index contributed by atoms with van der Waals surface area (Å²) in [6, 6.07) is 12.3. The Hall–Kier alpha value is -3.07. The molecule has 198 valence electrons. The van der Waals surface area contributed by atoms with Gasteiger partial charge < -0.3 is 20.3 Å². The van der Waals surface area contributed by atoms with E-state index >= 15 is 0 Å².